The Balaban J connectivity index is 2.03. The molecule has 3 nitrogen and oxygen atoms in total. The summed E-state index contributed by atoms with van der Waals surface area (Å²) in [7, 11) is 0. The third-order valence-corrected chi connectivity index (χ3v) is 5.70. The molecule has 0 bridgehead atoms. The van der Waals surface area contributed by atoms with Gasteiger partial charge in [-0.2, -0.15) is 0 Å². The number of allylic oxidation sites excluding steroid dienone is 1. The average molecular weight is 382 g/mol. The van der Waals surface area contributed by atoms with Gasteiger partial charge in [0.05, 0.1) is 17.2 Å². The molecular weight excluding hydrogens is 358 g/mol. The van der Waals surface area contributed by atoms with E-state index in [1.54, 1.807) is 0 Å². The second kappa shape index (κ2) is 6.43. The molecule has 2 aliphatic heterocycles. The number of nitrogens with one attached hydrogen (secondary N) is 1. The van der Waals surface area contributed by atoms with Gasteiger partial charge in [-0.1, -0.05) is 35.9 Å². The molecule has 0 aliphatic carbocycles. The van der Waals surface area contributed by atoms with Gasteiger partial charge in [0.1, 0.15) is 11.9 Å². The van der Waals surface area contributed by atoms with Gasteiger partial charge in [-0.3, -0.25) is 0 Å². The molecule has 0 amide bonds. The molecule has 27 heavy (non-hydrogen) atoms. The monoisotopic (exact) mass is 381 g/mol. The molecule has 0 radical (unpaired) electrons. The van der Waals surface area contributed by atoms with Gasteiger partial charge < -0.3 is 15.2 Å². The molecule has 0 saturated carbocycles. The van der Waals surface area contributed by atoms with Crippen molar-refractivity contribution in [2.45, 2.75) is 45.4 Å². The van der Waals surface area contributed by atoms with Crippen LogP contribution < -0.4 is 10.1 Å². The first-order valence-electron chi connectivity index (χ1n) is 9.21. The van der Waals surface area contributed by atoms with E-state index in [0.717, 1.165) is 28.1 Å². The molecule has 0 fully saturated rings. The Bertz CT molecular complexity index is 975. The largest absolute Gasteiger partial charge is 0.485 e. The SMILES string of the molecule is C=CCC1Oc2ccc(CO)c(Cl)c2-c2ccc3c(c21)C(C)=CC(C)(C)N3. The maximum absolute atomic E-state index is 9.64. The number of anilines is 1. The van der Waals surface area contributed by atoms with Gasteiger partial charge in [0.25, 0.3) is 0 Å². The standard InChI is InChI=1S/C23H24ClNO2/c1-5-6-17-20-15(21-18(27-17)10-7-14(12-26)22(21)24)8-9-16-19(20)13(2)11-23(3,4)25-16/h5,7-11,17,25-26H,1,6,12H2,2-4H3. The highest BCUT2D eigenvalue weighted by atomic mass is 35.5. The molecule has 2 aromatic carbocycles. The number of fused-ring (bicyclic) bond motifs is 5. The van der Waals surface area contributed by atoms with E-state index in [0.29, 0.717) is 17.0 Å². The number of hydrogen-bond acceptors (Lipinski definition) is 3. The van der Waals surface area contributed by atoms with Crippen LogP contribution in [-0.2, 0) is 6.61 Å². The Kier molecular flexibility index (Phi) is 4.32. The fourth-order valence-electron chi connectivity index (χ4n) is 4.30. The number of halogens is 1. The molecular formula is C23H24ClNO2. The molecule has 140 valence electrons. The van der Waals surface area contributed by atoms with Gasteiger partial charge in [-0.25, -0.2) is 0 Å². The van der Waals surface area contributed by atoms with E-state index < -0.39 is 0 Å². The lowest BCUT2D eigenvalue weighted by molar-refractivity contribution is 0.205. The Morgan fingerprint density at radius 1 is 1.26 bits per heavy atom. The highest BCUT2D eigenvalue weighted by molar-refractivity contribution is 6.34. The topological polar surface area (TPSA) is 41.5 Å². The Hall–Kier alpha value is -2.23. The molecule has 2 aromatic rings. The predicted molar refractivity (Wildman–Crippen MR) is 112 cm³/mol. The summed E-state index contributed by atoms with van der Waals surface area (Å²) in [5, 5.41) is 13.8. The minimum absolute atomic E-state index is 0.100. The summed E-state index contributed by atoms with van der Waals surface area (Å²) < 4.78 is 6.35. The van der Waals surface area contributed by atoms with Crippen molar-refractivity contribution in [1.29, 1.82) is 0 Å². The lowest BCUT2D eigenvalue weighted by Crippen LogP contribution is -2.32. The van der Waals surface area contributed by atoms with Crippen molar-refractivity contribution in [3.8, 4) is 16.9 Å². The molecule has 2 N–H and O–H groups in total. The molecule has 1 unspecified atom stereocenters. The van der Waals surface area contributed by atoms with Crippen LogP contribution in [0.4, 0.5) is 5.69 Å². The van der Waals surface area contributed by atoms with E-state index in [9.17, 15) is 5.11 Å². The normalized spacial score (nSPS) is 19.0. The summed E-state index contributed by atoms with van der Waals surface area (Å²) >= 11 is 6.65. The van der Waals surface area contributed by atoms with E-state index in [2.05, 4.69) is 50.9 Å². The smallest absolute Gasteiger partial charge is 0.129 e. The molecule has 2 aliphatic rings. The van der Waals surface area contributed by atoms with Crippen LogP contribution in [-0.4, -0.2) is 10.6 Å². The first kappa shape index (κ1) is 18.1. The minimum Gasteiger partial charge on any atom is -0.485 e. The molecule has 2 heterocycles. The molecule has 0 spiro atoms. The number of aliphatic hydroxyl groups excluding tert-OH is 1. The van der Waals surface area contributed by atoms with Crippen molar-refractivity contribution in [3.05, 3.63) is 64.7 Å². The molecule has 0 saturated heterocycles. The van der Waals surface area contributed by atoms with Crippen LogP contribution in [0.2, 0.25) is 5.02 Å². The molecule has 0 aromatic heterocycles. The fraction of sp³-hybridized carbons (Fsp3) is 0.304. The van der Waals surface area contributed by atoms with Crippen LogP contribution in [0, 0.1) is 0 Å². The summed E-state index contributed by atoms with van der Waals surface area (Å²) in [6.07, 6.45) is 4.73. The van der Waals surface area contributed by atoms with Gasteiger partial charge in [0.15, 0.2) is 0 Å². The van der Waals surface area contributed by atoms with Gasteiger partial charge in [-0.05, 0) is 49.6 Å². The highest BCUT2D eigenvalue weighted by Crippen LogP contribution is 2.52. The minimum atomic E-state index is -0.123. The van der Waals surface area contributed by atoms with Crippen LogP contribution >= 0.6 is 11.6 Å². The second-order valence-electron chi connectivity index (χ2n) is 7.82. The third kappa shape index (κ3) is 2.86. The lowest BCUT2D eigenvalue weighted by atomic mass is 9.81. The van der Waals surface area contributed by atoms with E-state index in [1.807, 2.05) is 18.2 Å². The zero-order valence-corrected chi connectivity index (χ0v) is 16.7. The summed E-state index contributed by atoms with van der Waals surface area (Å²) in [5.41, 5.74) is 7.17. The maximum atomic E-state index is 9.64. The summed E-state index contributed by atoms with van der Waals surface area (Å²) in [6, 6.07) is 7.95. The molecule has 1 atom stereocenters. The van der Waals surface area contributed by atoms with E-state index in [4.69, 9.17) is 16.3 Å². The average Bonchev–Trinajstić information content (AvgIpc) is 2.60. The zero-order chi connectivity index (χ0) is 19.3. The summed E-state index contributed by atoms with van der Waals surface area (Å²) in [6.45, 7) is 10.3. The van der Waals surface area contributed by atoms with Crippen LogP contribution in [0.3, 0.4) is 0 Å². The predicted octanol–water partition coefficient (Wildman–Crippen LogP) is 6.12. The number of hydrogen-bond donors (Lipinski definition) is 2. The van der Waals surface area contributed by atoms with Crippen molar-refractivity contribution in [3.63, 3.8) is 0 Å². The third-order valence-electron chi connectivity index (χ3n) is 5.27. The second-order valence-corrected chi connectivity index (χ2v) is 8.20. The Morgan fingerprint density at radius 3 is 2.74 bits per heavy atom. The van der Waals surface area contributed by atoms with Gasteiger partial charge >= 0.3 is 0 Å². The van der Waals surface area contributed by atoms with Crippen LogP contribution in [0.5, 0.6) is 5.75 Å². The highest BCUT2D eigenvalue weighted by Gasteiger charge is 2.34. The van der Waals surface area contributed by atoms with Crippen molar-refractivity contribution in [2.75, 3.05) is 5.32 Å². The van der Waals surface area contributed by atoms with Gasteiger partial charge in [0.2, 0.25) is 0 Å². The summed E-state index contributed by atoms with van der Waals surface area (Å²) in [5.74, 6) is 0.752. The zero-order valence-electron chi connectivity index (χ0n) is 15.9. The number of aliphatic hydroxyl groups is 1. The Labute approximate surface area is 165 Å². The van der Waals surface area contributed by atoms with Crippen LogP contribution in [0.15, 0.2) is 43.0 Å². The summed E-state index contributed by atoms with van der Waals surface area (Å²) in [4.78, 5) is 0. The Morgan fingerprint density at radius 2 is 2.04 bits per heavy atom. The molecule has 4 rings (SSSR count). The maximum Gasteiger partial charge on any atom is 0.129 e. The van der Waals surface area contributed by atoms with Crippen molar-refractivity contribution in [1.82, 2.24) is 0 Å². The van der Waals surface area contributed by atoms with E-state index in [-0.39, 0.29) is 18.2 Å². The van der Waals surface area contributed by atoms with E-state index in [1.165, 1.54) is 11.1 Å². The van der Waals surface area contributed by atoms with Crippen molar-refractivity contribution < 1.29 is 9.84 Å². The molecule has 4 heteroatoms. The van der Waals surface area contributed by atoms with E-state index >= 15 is 0 Å². The van der Waals surface area contributed by atoms with Gasteiger partial charge in [0, 0.05) is 28.8 Å². The van der Waals surface area contributed by atoms with Crippen molar-refractivity contribution in [2.24, 2.45) is 0 Å². The quantitative estimate of drug-likeness (QED) is 0.629. The first-order valence-corrected chi connectivity index (χ1v) is 9.59. The number of ether oxygens (including phenoxy) is 1. The number of rotatable bonds is 3. The van der Waals surface area contributed by atoms with Crippen LogP contribution in [0.1, 0.15) is 50.0 Å². The van der Waals surface area contributed by atoms with Crippen LogP contribution in [0.25, 0.3) is 16.7 Å². The van der Waals surface area contributed by atoms with Crippen molar-refractivity contribution >= 4 is 22.9 Å². The first-order chi connectivity index (χ1) is 12.9. The van der Waals surface area contributed by atoms with Gasteiger partial charge in [-0.15, -0.1) is 6.58 Å². The lowest BCUT2D eigenvalue weighted by Gasteiger charge is -2.37. The number of benzene rings is 2. The fourth-order valence-corrected chi connectivity index (χ4v) is 4.62.